The van der Waals surface area contributed by atoms with Crippen LogP contribution >= 0.6 is 0 Å². The molecule has 17 heavy (non-hydrogen) atoms. The quantitative estimate of drug-likeness (QED) is 0.682. The number of carboxylic acids is 1. The molecule has 0 radical (unpaired) electrons. The Balaban J connectivity index is 2.13. The van der Waals surface area contributed by atoms with Gasteiger partial charge in [-0.1, -0.05) is 0 Å². The maximum Gasteiger partial charge on any atom is 0.326 e. The molecule has 2 heterocycles. The Bertz CT molecular complexity index is 370. The van der Waals surface area contributed by atoms with Crippen molar-refractivity contribution in [1.82, 2.24) is 10.2 Å². The summed E-state index contributed by atoms with van der Waals surface area (Å²) in [5.41, 5.74) is 1.82. The van der Waals surface area contributed by atoms with Gasteiger partial charge in [0.15, 0.2) is 0 Å². The Morgan fingerprint density at radius 2 is 2.06 bits per heavy atom. The number of carbonyl (C=O) groups excluding carboxylic acids is 1. The van der Waals surface area contributed by atoms with Gasteiger partial charge in [-0.15, -0.1) is 0 Å². The Hall–Kier alpha value is -1.36. The van der Waals surface area contributed by atoms with Crippen LogP contribution in [-0.4, -0.2) is 47.6 Å². The predicted molar refractivity (Wildman–Crippen MR) is 62.6 cm³/mol. The highest BCUT2D eigenvalue weighted by Crippen LogP contribution is 2.21. The molecule has 5 nitrogen and oxygen atoms in total. The van der Waals surface area contributed by atoms with Crippen LogP contribution in [0.15, 0.2) is 11.1 Å². The summed E-state index contributed by atoms with van der Waals surface area (Å²) in [7, 11) is 0. The highest BCUT2D eigenvalue weighted by molar-refractivity contribution is 5.96. The predicted octanol–water partition coefficient (Wildman–Crippen LogP) is 0.372. The zero-order chi connectivity index (χ0) is 12.4. The summed E-state index contributed by atoms with van der Waals surface area (Å²) in [6.45, 7) is 3.87. The summed E-state index contributed by atoms with van der Waals surface area (Å²) in [6.07, 6.45) is 2.36. The molecule has 5 heteroatoms. The molecule has 0 aromatic carbocycles. The first-order valence-corrected chi connectivity index (χ1v) is 6.04. The number of aliphatic carboxylic acids is 1. The molecule has 0 saturated carbocycles. The molecule has 0 aromatic rings. The average molecular weight is 238 g/mol. The van der Waals surface area contributed by atoms with E-state index in [-0.39, 0.29) is 5.91 Å². The topological polar surface area (TPSA) is 69.6 Å². The first-order valence-electron chi connectivity index (χ1n) is 6.04. The van der Waals surface area contributed by atoms with E-state index in [1.165, 1.54) is 4.90 Å². The Morgan fingerprint density at radius 1 is 1.35 bits per heavy atom. The third-order valence-electron chi connectivity index (χ3n) is 3.58. The summed E-state index contributed by atoms with van der Waals surface area (Å²) >= 11 is 0. The number of carbonyl (C=O) groups is 2. The number of rotatable bonds is 2. The van der Waals surface area contributed by atoms with E-state index in [1.807, 2.05) is 0 Å². The van der Waals surface area contributed by atoms with Crippen LogP contribution < -0.4 is 5.32 Å². The molecule has 2 rings (SSSR count). The number of piperidine rings is 1. The number of carboxylic acid groups (broad SMARTS) is 1. The molecule has 0 bridgehead atoms. The first-order chi connectivity index (χ1) is 8.11. The van der Waals surface area contributed by atoms with Gasteiger partial charge in [-0.25, -0.2) is 4.79 Å². The number of amides is 1. The van der Waals surface area contributed by atoms with Gasteiger partial charge in [0.05, 0.1) is 0 Å². The summed E-state index contributed by atoms with van der Waals surface area (Å²) in [5, 5.41) is 12.2. The van der Waals surface area contributed by atoms with Crippen molar-refractivity contribution in [2.45, 2.75) is 32.2 Å². The Morgan fingerprint density at radius 3 is 2.59 bits per heavy atom. The van der Waals surface area contributed by atoms with Crippen LogP contribution in [0.2, 0.25) is 0 Å². The molecule has 2 N–H and O–H groups in total. The van der Waals surface area contributed by atoms with Crippen LogP contribution in [0.3, 0.4) is 0 Å². The second-order valence-corrected chi connectivity index (χ2v) is 4.68. The minimum Gasteiger partial charge on any atom is -0.480 e. The minimum atomic E-state index is -0.886. The molecule has 1 amide bonds. The molecule has 0 spiro atoms. The summed E-state index contributed by atoms with van der Waals surface area (Å²) in [5.74, 6) is -0.990. The highest BCUT2D eigenvalue weighted by atomic mass is 16.4. The van der Waals surface area contributed by atoms with Crippen molar-refractivity contribution in [1.29, 1.82) is 0 Å². The molecule has 1 atom stereocenters. The molecular formula is C12H18N2O3. The minimum absolute atomic E-state index is 0.103. The van der Waals surface area contributed by atoms with Gasteiger partial charge in [0, 0.05) is 25.2 Å². The largest absolute Gasteiger partial charge is 0.480 e. The van der Waals surface area contributed by atoms with E-state index in [1.54, 1.807) is 6.92 Å². The second kappa shape index (κ2) is 4.87. The summed E-state index contributed by atoms with van der Waals surface area (Å²) in [4.78, 5) is 24.9. The van der Waals surface area contributed by atoms with Crippen molar-refractivity contribution in [3.8, 4) is 0 Å². The maximum absolute atomic E-state index is 12.2. The summed E-state index contributed by atoms with van der Waals surface area (Å²) in [6, 6.07) is -0.639. The van der Waals surface area contributed by atoms with Crippen molar-refractivity contribution in [2.75, 3.05) is 19.6 Å². The number of nitrogens with one attached hydrogen (secondary N) is 1. The van der Waals surface area contributed by atoms with Crippen LogP contribution in [-0.2, 0) is 9.59 Å². The standard InChI is InChI=1S/C12H18N2O3/c1-8(9-6-13-7-9)11(15)14-5-3-2-4-10(14)12(16)17/h10,13H,2-7H2,1H3,(H,16,17). The van der Waals surface area contributed by atoms with Crippen molar-refractivity contribution in [2.24, 2.45) is 0 Å². The Kier molecular flexibility index (Phi) is 3.47. The number of hydrogen-bond donors (Lipinski definition) is 2. The number of nitrogens with zero attached hydrogens (tertiary/aromatic N) is 1. The third kappa shape index (κ3) is 2.34. The lowest BCUT2D eigenvalue weighted by Crippen LogP contribution is -2.49. The lowest BCUT2D eigenvalue weighted by Gasteiger charge is -2.34. The van der Waals surface area contributed by atoms with E-state index in [4.69, 9.17) is 5.11 Å². The molecule has 2 aliphatic heterocycles. The van der Waals surface area contributed by atoms with E-state index in [0.29, 0.717) is 13.0 Å². The SMILES string of the molecule is CC(C(=O)N1CCCCC1C(=O)O)=C1CNC1. The second-order valence-electron chi connectivity index (χ2n) is 4.68. The number of hydrogen-bond acceptors (Lipinski definition) is 3. The normalized spacial score (nSPS) is 24.2. The lowest BCUT2D eigenvalue weighted by atomic mass is 9.98. The fourth-order valence-corrected chi connectivity index (χ4v) is 2.31. The maximum atomic E-state index is 12.2. The molecule has 2 aliphatic rings. The van der Waals surface area contributed by atoms with Gasteiger partial charge in [0.2, 0.25) is 5.91 Å². The molecule has 0 aliphatic carbocycles. The van der Waals surface area contributed by atoms with Gasteiger partial charge < -0.3 is 15.3 Å². The highest BCUT2D eigenvalue weighted by Gasteiger charge is 2.33. The van der Waals surface area contributed by atoms with Crippen molar-refractivity contribution < 1.29 is 14.7 Å². The fraction of sp³-hybridized carbons (Fsp3) is 0.667. The van der Waals surface area contributed by atoms with E-state index in [2.05, 4.69) is 5.32 Å². The van der Waals surface area contributed by atoms with Gasteiger partial charge >= 0.3 is 5.97 Å². The zero-order valence-corrected chi connectivity index (χ0v) is 10.0. The van der Waals surface area contributed by atoms with Crippen LogP contribution in [0.5, 0.6) is 0 Å². The van der Waals surface area contributed by atoms with Crippen LogP contribution in [0.25, 0.3) is 0 Å². The van der Waals surface area contributed by atoms with Gasteiger partial charge in [-0.05, 0) is 31.8 Å². The van der Waals surface area contributed by atoms with Crippen LogP contribution in [0.4, 0.5) is 0 Å². The smallest absolute Gasteiger partial charge is 0.326 e. The van der Waals surface area contributed by atoms with Gasteiger partial charge in [0.25, 0.3) is 0 Å². The van der Waals surface area contributed by atoms with E-state index < -0.39 is 12.0 Å². The van der Waals surface area contributed by atoms with Crippen molar-refractivity contribution >= 4 is 11.9 Å². The van der Waals surface area contributed by atoms with Crippen molar-refractivity contribution in [3.63, 3.8) is 0 Å². The third-order valence-corrected chi connectivity index (χ3v) is 3.58. The molecule has 94 valence electrons. The van der Waals surface area contributed by atoms with Crippen LogP contribution in [0.1, 0.15) is 26.2 Å². The monoisotopic (exact) mass is 238 g/mol. The van der Waals surface area contributed by atoms with Crippen molar-refractivity contribution in [3.05, 3.63) is 11.1 Å². The fourth-order valence-electron chi connectivity index (χ4n) is 2.31. The molecule has 2 saturated heterocycles. The molecule has 2 fully saturated rings. The van der Waals surface area contributed by atoms with Gasteiger partial charge in [0.1, 0.15) is 6.04 Å². The zero-order valence-electron chi connectivity index (χ0n) is 10.0. The van der Waals surface area contributed by atoms with E-state index in [0.717, 1.165) is 37.1 Å². The summed E-state index contributed by atoms with van der Waals surface area (Å²) < 4.78 is 0. The van der Waals surface area contributed by atoms with Gasteiger partial charge in [-0.2, -0.15) is 0 Å². The van der Waals surface area contributed by atoms with Crippen LogP contribution in [0, 0.1) is 0 Å². The average Bonchev–Trinajstić information content (AvgIpc) is 2.25. The first kappa shape index (κ1) is 12.1. The Labute approximate surface area is 100 Å². The number of likely N-dealkylation sites (tertiary alicyclic amines) is 1. The molecule has 0 aromatic heterocycles. The molecule has 1 unspecified atom stereocenters. The molecular weight excluding hydrogens is 220 g/mol. The van der Waals surface area contributed by atoms with Gasteiger partial charge in [-0.3, -0.25) is 4.79 Å². The van der Waals surface area contributed by atoms with E-state index in [9.17, 15) is 9.59 Å². The lowest BCUT2D eigenvalue weighted by molar-refractivity contribution is -0.150. The van der Waals surface area contributed by atoms with E-state index >= 15 is 0 Å².